The number of anilines is 1. The lowest BCUT2D eigenvalue weighted by Crippen LogP contribution is -2.30. The normalized spacial score (nSPS) is 11.7. The predicted molar refractivity (Wildman–Crippen MR) is 140 cm³/mol. The van der Waals surface area contributed by atoms with Gasteiger partial charge < -0.3 is 20.5 Å². The van der Waals surface area contributed by atoms with E-state index in [1.165, 1.54) is 77.7 Å². The van der Waals surface area contributed by atoms with E-state index in [-0.39, 0.29) is 18.4 Å². The fourth-order valence-electron chi connectivity index (χ4n) is 3.93. The number of ether oxygens (including phenoxy) is 1. The second-order valence-electron chi connectivity index (χ2n) is 9.34. The van der Waals surface area contributed by atoms with Gasteiger partial charge in [-0.3, -0.25) is 9.59 Å². The summed E-state index contributed by atoms with van der Waals surface area (Å²) in [7, 11) is 1.46. The van der Waals surface area contributed by atoms with Crippen LogP contribution in [-0.2, 0) is 9.53 Å². The Labute approximate surface area is 207 Å². The van der Waals surface area contributed by atoms with E-state index in [4.69, 9.17) is 0 Å². The fraction of sp³-hybridized carbons (Fsp3) is 0.714. The molecule has 0 saturated carbocycles. The van der Waals surface area contributed by atoms with Gasteiger partial charge in [-0.2, -0.15) is 0 Å². The number of methoxy groups -OCH3 is 1. The Kier molecular flexibility index (Phi) is 17.9. The van der Waals surface area contributed by atoms with Gasteiger partial charge in [-0.15, -0.1) is 0 Å². The number of carbonyl (C=O) groups excluding carboxylic acids is 2. The van der Waals surface area contributed by atoms with Crippen LogP contribution in [0.3, 0.4) is 0 Å². The van der Waals surface area contributed by atoms with Crippen LogP contribution in [0.5, 0.6) is 0 Å². The number of aliphatic hydroxyl groups is 1. The molecular formula is C28H48N2O4. The van der Waals surface area contributed by atoms with Gasteiger partial charge in [0.05, 0.1) is 13.2 Å². The lowest BCUT2D eigenvalue weighted by Gasteiger charge is -2.09. The molecule has 0 spiro atoms. The van der Waals surface area contributed by atoms with E-state index in [1.807, 2.05) is 24.3 Å². The third kappa shape index (κ3) is 16.5. The van der Waals surface area contributed by atoms with Crippen molar-refractivity contribution in [1.29, 1.82) is 0 Å². The van der Waals surface area contributed by atoms with E-state index in [2.05, 4.69) is 15.4 Å². The van der Waals surface area contributed by atoms with Crippen molar-refractivity contribution in [2.45, 2.75) is 109 Å². The van der Waals surface area contributed by atoms with Crippen molar-refractivity contribution in [2.24, 2.45) is 0 Å². The predicted octanol–water partition coefficient (Wildman–Crippen LogP) is 6.23. The van der Waals surface area contributed by atoms with Crippen LogP contribution in [0, 0.1) is 0 Å². The molecule has 0 bridgehead atoms. The number of rotatable bonds is 21. The zero-order valence-electron chi connectivity index (χ0n) is 21.6. The number of benzene rings is 1. The van der Waals surface area contributed by atoms with E-state index in [9.17, 15) is 14.7 Å². The van der Waals surface area contributed by atoms with E-state index < -0.39 is 6.10 Å². The van der Waals surface area contributed by atoms with E-state index in [1.54, 1.807) is 6.92 Å². The Morgan fingerprint density at radius 2 is 1.26 bits per heavy atom. The summed E-state index contributed by atoms with van der Waals surface area (Å²) in [4.78, 5) is 23.0. The summed E-state index contributed by atoms with van der Waals surface area (Å²) in [6, 6.07) is 7.49. The quantitative estimate of drug-likeness (QED) is 0.144. The molecule has 0 aliphatic heterocycles. The van der Waals surface area contributed by atoms with E-state index in [0.29, 0.717) is 12.0 Å². The Hall–Kier alpha value is -2.08. The molecule has 194 valence electrons. The molecular weight excluding hydrogens is 428 g/mol. The van der Waals surface area contributed by atoms with Crippen molar-refractivity contribution < 1.29 is 19.4 Å². The summed E-state index contributed by atoms with van der Waals surface area (Å²) in [6.45, 7) is 2.87. The topological polar surface area (TPSA) is 87.7 Å². The van der Waals surface area contributed by atoms with Crippen LogP contribution in [0.2, 0.25) is 0 Å². The highest BCUT2D eigenvalue weighted by Crippen LogP contribution is 2.14. The minimum atomic E-state index is -0.539. The standard InChI is InChI=1S/C28H48N2O4/c1-24(31)23-30-28(33)25-18-20-26(21-19-25)29-22-16-14-12-10-8-6-4-3-5-7-9-11-13-15-17-27(32)34-2/h18-21,24,29,31H,3-17,22-23H2,1-2H3,(H,30,33). The summed E-state index contributed by atoms with van der Waals surface area (Å²) in [5, 5.41) is 15.4. The van der Waals surface area contributed by atoms with Crippen LogP contribution in [0.4, 0.5) is 5.69 Å². The molecule has 34 heavy (non-hydrogen) atoms. The van der Waals surface area contributed by atoms with Crippen molar-refractivity contribution in [3.8, 4) is 0 Å². The first kappa shape index (κ1) is 30.0. The lowest BCUT2D eigenvalue weighted by molar-refractivity contribution is -0.140. The van der Waals surface area contributed by atoms with Crippen molar-refractivity contribution in [1.82, 2.24) is 5.32 Å². The first-order valence-electron chi connectivity index (χ1n) is 13.4. The second-order valence-corrected chi connectivity index (χ2v) is 9.34. The van der Waals surface area contributed by atoms with Crippen LogP contribution >= 0.6 is 0 Å². The van der Waals surface area contributed by atoms with Crippen LogP contribution in [-0.4, -0.2) is 43.3 Å². The molecule has 1 aromatic rings. The van der Waals surface area contributed by atoms with E-state index in [0.717, 1.165) is 31.5 Å². The summed E-state index contributed by atoms with van der Waals surface area (Å²) >= 11 is 0. The first-order chi connectivity index (χ1) is 16.5. The number of hydrogen-bond donors (Lipinski definition) is 3. The molecule has 1 amide bonds. The van der Waals surface area contributed by atoms with Gasteiger partial charge in [-0.25, -0.2) is 0 Å². The van der Waals surface area contributed by atoms with Gasteiger partial charge in [0.1, 0.15) is 0 Å². The highest BCUT2D eigenvalue weighted by atomic mass is 16.5. The zero-order valence-corrected chi connectivity index (χ0v) is 21.6. The molecule has 0 fully saturated rings. The number of unbranched alkanes of at least 4 members (excludes halogenated alkanes) is 13. The van der Waals surface area contributed by atoms with Gasteiger partial charge in [-0.1, -0.05) is 77.0 Å². The summed E-state index contributed by atoms with van der Waals surface area (Å²) in [5.74, 6) is -0.242. The number of hydrogen-bond acceptors (Lipinski definition) is 5. The van der Waals surface area contributed by atoms with Crippen molar-refractivity contribution >= 4 is 17.6 Å². The first-order valence-corrected chi connectivity index (χ1v) is 13.4. The molecule has 1 rings (SSSR count). The van der Waals surface area contributed by atoms with Gasteiger partial charge in [-0.05, 0) is 44.0 Å². The van der Waals surface area contributed by atoms with Gasteiger partial charge in [0.25, 0.3) is 5.91 Å². The van der Waals surface area contributed by atoms with E-state index >= 15 is 0 Å². The molecule has 0 aliphatic rings. The average Bonchev–Trinajstić information content (AvgIpc) is 2.84. The van der Waals surface area contributed by atoms with Crippen molar-refractivity contribution in [3.63, 3.8) is 0 Å². The van der Waals surface area contributed by atoms with Crippen molar-refractivity contribution in [2.75, 3.05) is 25.5 Å². The fourth-order valence-corrected chi connectivity index (χ4v) is 3.93. The molecule has 0 heterocycles. The molecule has 1 atom stereocenters. The molecule has 6 heteroatoms. The van der Waals surface area contributed by atoms with Crippen LogP contribution in [0.15, 0.2) is 24.3 Å². The summed E-state index contributed by atoms with van der Waals surface area (Å²) < 4.78 is 4.65. The molecule has 6 nitrogen and oxygen atoms in total. The zero-order chi connectivity index (χ0) is 24.9. The summed E-state index contributed by atoms with van der Waals surface area (Å²) in [6.07, 6.45) is 17.8. The monoisotopic (exact) mass is 476 g/mol. The number of nitrogens with one attached hydrogen (secondary N) is 2. The van der Waals surface area contributed by atoms with Crippen LogP contribution in [0.25, 0.3) is 0 Å². The highest BCUT2D eigenvalue weighted by molar-refractivity contribution is 5.94. The third-order valence-corrected chi connectivity index (χ3v) is 6.07. The molecule has 0 saturated heterocycles. The molecule has 0 radical (unpaired) electrons. The molecule has 0 aromatic heterocycles. The van der Waals surface area contributed by atoms with Gasteiger partial charge >= 0.3 is 5.97 Å². The Balaban J connectivity index is 1.86. The SMILES string of the molecule is COC(=O)CCCCCCCCCCCCCCCCNc1ccc(C(=O)NCC(C)O)cc1. The number of carbonyl (C=O) groups is 2. The van der Waals surface area contributed by atoms with Crippen LogP contribution < -0.4 is 10.6 Å². The maximum atomic E-state index is 11.9. The highest BCUT2D eigenvalue weighted by Gasteiger charge is 2.06. The second kappa shape index (κ2) is 20.3. The van der Waals surface area contributed by atoms with Crippen LogP contribution in [0.1, 0.15) is 114 Å². The smallest absolute Gasteiger partial charge is 0.305 e. The number of esters is 1. The minimum absolute atomic E-state index is 0.0862. The molecule has 0 aliphatic carbocycles. The average molecular weight is 477 g/mol. The molecule has 1 aromatic carbocycles. The number of aliphatic hydroxyl groups excluding tert-OH is 1. The number of amides is 1. The molecule has 3 N–H and O–H groups in total. The largest absolute Gasteiger partial charge is 0.469 e. The van der Waals surface area contributed by atoms with Gasteiger partial charge in [0.15, 0.2) is 0 Å². The maximum absolute atomic E-state index is 11.9. The van der Waals surface area contributed by atoms with Gasteiger partial charge in [0.2, 0.25) is 0 Å². The third-order valence-electron chi connectivity index (χ3n) is 6.07. The Bertz CT molecular complexity index is 646. The molecule has 1 unspecified atom stereocenters. The van der Waals surface area contributed by atoms with Gasteiger partial charge in [0, 0.05) is 30.8 Å². The Morgan fingerprint density at radius 1 is 0.794 bits per heavy atom. The minimum Gasteiger partial charge on any atom is -0.469 e. The lowest BCUT2D eigenvalue weighted by atomic mass is 10.0. The maximum Gasteiger partial charge on any atom is 0.305 e. The summed E-state index contributed by atoms with van der Waals surface area (Å²) in [5.41, 5.74) is 1.65. The van der Waals surface area contributed by atoms with Crippen molar-refractivity contribution in [3.05, 3.63) is 29.8 Å². The Morgan fingerprint density at radius 3 is 1.74 bits per heavy atom.